The molecule has 1 aromatic carbocycles. The standard InChI is InChI=1S/C18H15F3N4O3.C7H15NO.C2H2/c1-10-6-12-7-13(3-4-14(12)28-10)24-17(22)25-16(26)11-2-5-15(23-8-11)27-9-18(19,20)21;1-4-6-7(9)8(3)5-2;1-2/h2-8H,9H2,1H3,(H3,22,24,25,26);4-6H2,1-3H3;1-2H. The number of terminal acetylenes is 1. The van der Waals surface area contributed by atoms with E-state index in [1.54, 1.807) is 23.1 Å². The molecule has 0 aliphatic carbocycles. The van der Waals surface area contributed by atoms with Gasteiger partial charge in [0.1, 0.15) is 11.3 Å². The van der Waals surface area contributed by atoms with Crippen LogP contribution in [0.4, 0.5) is 18.9 Å². The first-order valence-electron chi connectivity index (χ1n) is 11.8. The first-order chi connectivity index (χ1) is 18.4. The third-order valence-electron chi connectivity index (χ3n) is 4.86. The molecule has 0 unspecified atom stereocenters. The number of benzene rings is 1. The van der Waals surface area contributed by atoms with E-state index in [2.05, 4.69) is 32.9 Å². The van der Waals surface area contributed by atoms with Gasteiger partial charge in [0.05, 0.1) is 11.3 Å². The maximum absolute atomic E-state index is 12.1. The van der Waals surface area contributed by atoms with Crippen LogP contribution in [0.2, 0.25) is 0 Å². The van der Waals surface area contributed by atoms with Crippen LogP contribution in [0.3, 0.4) is 0 Å². The number of carbonyl (C=O) groups excluding carboxylic acids is 2. The van der Waals surface area contributed by atoms with Crippen LogP contribution >= 0.6 is 0 Å². The molecule has 0 aliphatic rings. The number of halogens is 3. The Hall–Kier alpha value is -4.53. The lowest BCUT2D eigenvalue weighted by atomic mass is 10.2. The molecule has 210 valence electrons. The van der Waals surface area contributed by atoms with E-state index in [1.165, 1.54) is 6.07 Å². The van der Waals surface area contributed by atoms with Crippen molar-refractivity contribution in [2.75, 3.05) is 20.2 Å². The normalized spacial score (nSPS) is 10.9. The smallest absolute Gasteiger partial charge is 0.422 e. The molecule has 0 spiro atoms. The molecule has 0 atom stereocenters. The average molecular weight is 548 g/mol. The maximum Gasteiger partial charge on any atom is 0.422 e. The molecule has 3 rings (SSSR count). The number of carbonyl (C=O) groups is 2. The molecule has 0 bridgehead atoms. The van der Waals surface area contributed by atoms with Crippen LogP contribution in [-0.2, 0) is 4.79 Å². The molecule has 0 fully saturated rings. The van der Waals surface area contributed by atoms with Gasteiger partial charge in [0, 0.05) is 37.7 Å². The number of nitrogens with two attached hydrogens (primary N) is 1. The van der Waals surface area contributed by atoms with Crippen molar-refractivity contribution in [3.63, 3.8) is 0 Å². The van der Waals surface area contributed by atoms with Crippen LogP contribution in [0.5, 0.6) is 5.88 Å². The van der Waals surface area contributed by atoms with Crippen LogP contribution in [0, 0.1) is 19.8 Å². The van der Waals surface area contributed by atoms with Crippen LogP contribution < -0.4 is 15.8 Å². The number of aromatic nitrogens is 1. The summed E-state index contributed by atoms with van der Waals surface area (Å²) in [5, 5.41) is 3.22. The highest BCUT2D eigenvalue weighted by atomic mass is 19.4. The van der Waals surface area contributed by atoms with Gasteiger partial charge in [-0.1, -0.05) is 6.92 Å². The van der Waals surface area contributed by atoms with Gasteiger partial charge in [-0.15, -0.1) is 12.8 Å². The van der Waals surface area contributed by atoms with Gasteiger partial charge >= 0.3 is 6.18 Å². The third kappa shape index (κ3) is 11.6. The van der Waals surface area contributed by atoms with Gasteiger partial charge in [0.15, 0.2) is 6.61 Å². The monoisotopic (exact) mass is 547 g/mol. The largest absolute Gasteiger partial charge is 0.468 e. The van der Waals surface area contributed by atoms with E-state index < -0.39 is 18.7 Å². The Morgan fingerprint density at radius 2 is 1.87 bits per heavy atom. The van der Waals surface area contributed by atoms with Gasteiger partial charge < -0.3 is 19.8 Å². The number of aliphatic imine (C=N–C) groups is 1. The summed E-state index contributed by atoms with van der Waals surface area (Å²) >= 11 is 0. The van der Waals surface area contributed by atoms with E-state index in [9.17, 15) is 22.8 Å². The van der Waals surface area contributed by atoms with E-state index in [-0.39, 0.29) is 23.3 Å². The number of nitrogens with zero attached hydrogens (tertiary/aromatic N) is 3. The van der Waals surface area contributed by atoms with Crippen LogP contribution in [-0.4, -0.2) is 54.0 Å². The first kappa shape index (κ1) is 32.5. The number of ether oxygens (including phenoxy) is 1. The highest BCUT2D eigenvalue weighted by molar-refractivity contribution is 6.05. The Morgan fingerprint density at radius 3 is 2.44 bits per heavy atom. The van der Waals surface area contributed by atoms with Crippen molar-refractivity contribution in [1.29, 1.82) is 0 Å². The molecule has 3 N–H and O–H groups in total. The Kier molecular flexibility index (Phi) is 13.0. The molecule has 0 saturated heterocycles. The Balaban J connectivity index is 0.000000589. The van der Waals surface area contributed by atoms with Gasteiger partial charge in [0.25, 0.3) is 5.91 Å². The van der Waals surface area contributed by atoms with Gasteiger partial charge in [-0.25, -0.2) is 9.98 Å². The number of nitrogens with one attached hydrogen (secondary N) is 1. The fourth-order valence-corrected chi connectivity index (χ4v) is 2.93. The van der Waals surface area contributed by atoms with E-state index >= 15 is 0 Å². The number of aryl methyl sites for hydroxylation is 1. The second kappa shape index (κ2) is 15.7. The second-order valence-electron chi connectivity index (χ2n) is 7.98. The van der Waals surface area contributed by atoms with Crippen molar-refractivity contribution in [1.82, 2.24) is 15.2 Å². The van der Waals surface area contributed by atoms with E-state index in [1.807, 2.05) is 33.9 Å². The van der Waals surface area contributed by atoms with Crippen molar-refractivity contribution in [3.05, 3.63) is 53.9 Å². The Bertz CT molecular complexity index is 1270. The average Bonchev–Trinajstić information content (AvgIpc) is 3.27. The summed E-state index contributed by atoms with van der Waals surface area (Å²) in [5.74, 6) is -0.00916. The number of pyridine rings is 1. The number of hydrogen-bond donors (Lipinski definition) is 2. The number of fused-ring (bicyclic) bond motifs is 1. The van der Waals surface area contributed by atoms with Crippen LogP contribution in [0.25, 0.3) is 11.0 Å². The number of rotatable bonds is 7. The van der Waals surface area contributed by atoms with Gasteiger partial charge in [-0.3, -0.25) is 14.9 Å². The van der Waals surface area contributed by atoms with E-state index in [0.29, 0.717) is 17.7 Å². The Labute approximate surface area is 225 Å². The van der Waals surface area contributed by atoms with Crippen molar-refractivity contribution in [3.8, 4) is 18.7 Å². The van der Waals surface area contributed by atoms with Gasteiger partial charge in [0.2, 0.25) is 17.7 Å². The minimum absolute atomic E-state index is 0.0819. The topological polar surface area (TPSA) is 123 Å². The molecule has 39 heavy (non-hydrogen) atoms. The molecule has 2 amide bonds. The third-order valence-corrected chi connectivity index (χ3v) is 4.86. The number of amides is 2. The first-order valence-corrected chi connectivity index (χ1v) is 11.8. The highest BCUT2D eigenvalue weighted by Gasteiger charge is 2.28. The fraction of sp³-hybridized carbons (Fsp3) is 0.333. The molecular formula is C27H32F3N5O4. The number of hydrogen-bond acceptors (Lipinski definition) is 6. The molecular weight excluding hydrogens is 515 g/mol. The van der Waals surface area contributed by atoms with Gasteiger partial charge in [-0.05, 0) is 50.6 Å². The zero-order valence-electron chi connectivity index (χ0n) is 22.2. The molecule has 9 nitrogen and oxygen atoms in total. The molecule has 12 heteroatoms. The summed E-state index contributed by atoms with van der Waals surface area (Å²) in [4.78, 5) is 32.5. The quantitative estimate of drug-likeness (QED) is 0.245. The predicted octanol–water partition coefficient (Wildman–Crippen LogP) is 4.97. The minimum atomic E-state index is -4.47. The van der Waals surface area contributed by atoms with E-state index in [4.69, 9.17) is 10.2 Å². The van der Waals surface area contributed by atoms with Crippen molar-refractivity contribution >= 4 is 34.4 Å². The zero-order chi connectivity index (χ0) is 29.6. The van der Waals surface area contributed by atoms with Crippen molar-refractivity contribution in [2.45, 2.75) is 39.8 Å². The lowest BCUT2D eigenvalue weighted by Crippen LogP contribution is -2.36. The van der Waals surface area contributed by atoms with Crippen LogP contribution in [0.15, 0.2) is 52.0 Å². The summed E-state index contributed by atoms with van der Waals surface area (Å²) in [7, 11) is 1.83. The number of alkyl halides is 3. The van der Waals surface area contributed by atoms with Crippen molar-refractivity contribution < 1.29 is 31.9 Å². The lowest BCUT2D eigenvalue weighted by Gasteiger charge is -2.12. The van der Waals surface area contributed by atoms with Crippen molar-refractivity contribution in [2.24, 2.45) is 10.7 Å². The maximum atomic E-state index is 12.1. The molecule has 2 heterocycles. The summed E-state index contributed by atoms with van der Waals surface area (Å²) in [6.45, 7) is 5.17. The number of furan rings is 1. The SMILES string of the molecule is C#C.CCCC(=O)N(C)CC.Cc1cc2cc(N=C(N)NC(=O)c3ccc(OCC(F)(F)F)nc3)ccc2o1. The highest BCUT2D eigenvalue weighted by Crippen LogP contribution is 2.24. The molecule has 0 radical (unpaired) electrons. The summed E-state index contributed by atoms with van der Waals surface area (Å²) in [6.07, 6.45) is 6.24. The van der Waals surface area contributed by atoms with E-state index in [0.717, 1.165) is 36.4 Å². The molecule has 0 aliphatic heterocycles. The number of guanidine groups is 1. The minimum Gasteiger partial charge on any atom is -0.468 e. The zero-order valence-corrected chi connectivity index (χ0v) is 22.2. The van der Waals surface area contributed by atoms with Crippen LogP contribution in [0.1, 0.15) is 42.8 Å². The molecule has 2 aromatic heterocycles. The second-order valence-corrected chi connectivity index (χ2v) is 7.98. The van der Waals surface area contributed by atoms with Gasteiger partial charge in [-0.2, -0.15) is 13.2 Å². The molecule has 3 aromatic rings. The Morgan fingerprint density at radius 1 is 1.18 bits per heavy atom. The summed E-state index contributed by atoms with van der Waals surface area (Å²) < 4.78 is 46.3. The summed E-state index contributed by atoms with van der Waals surface area (Å²) in [6, 6.07) is 9.43. The predicted molar refractivity (Wildman–Crippen MR) is 144 cm³/mol. The molecule has 0 saturated carbocycles. The summed E-state index contributed by atoms with van der Waals surface area (Å²) in [5.41, 5.74) is 7.05. The fourth-order valence-electron chi connectivity index (χ4n) is 2.93. The lowest BCUT2D eigenvalue weighted by molar-refractivity contribution is -0.154.